The van der Waals surface area contributed by atoms with E-state index in [-0.39, 0.29) is 6.04 Å². The quantitative estimate of drug-likeness (QED) is 0.931. The minimum atomic E-state index is 0.234. The summed E-state index contributed by atoms with van der Waals surface area (Å²) in [5.74, 6) is 1.58. The van der Waals surface area contributed by atoms with Crippen LogP contribution in [0.1, 0.15) is 30.1 Å². The van der Waals surface area contributed by atoms with Crippen LogP contribution in [-0.2, 0) is 6.42 Å². The molecule has 0 radical (unpaired) electrons. The summed E-state index contributed by atoms with van der Waals surface area (Å²) in [4.78, 5) is 4.56. The van der Waals surface area contributed by atoms with Crippen molar-refractivity contribution in [3.8, 4) is 11.5 Å². The first kappa shape index (κ1) is 13.7. The molecule has 0 fully saturated rings. The molecule has 0 amide bonds. The van der Waals surface area contributed by atoms with E-state index in [1.165, 1.54) is 12.0 Å². The molecule has 2 aromatic rings. The highest BCUT2D eigenvalue weighted by molar-refractivity contribution is 5.60. The summed E-state index contributed by atoms with van der Waals surface area (Å²) < 4.78 is 10.7. The molecule has 1 aromatic carbocycles. The topological polar surface area (TPSA) is 43.4 Å². The first-order chi connectivity index (χ1) is 10.3. The van der Waals surface area contributed by atoms with Crippen LogP contribution in [0, 0.1) is 0 Å². The largest absolute Gasteiger partial charge is 0.497 e. The summed E-state index contributed by atoms with van der Waals surface area (Å²) in [6.07, 6.45) is 5.24. The molecular formula is C17H20N2O2. The third-order valence-electron chi connectivity index (χ3n) is 3.93. The highest BCUT2D eigenvalue weighted by Crippen LogP contribution is 2.35. The van der Waals surface area contributed by atoms with Crippen molar-refractivity contribution in [2.24, 2.45) is 0 Å². The van der Waals surface area contributed by atoms with E-state index in [9.17, 15) is 0 Å². The van der Waals surface area contributed by atoms with Crippen molar-refractivity contribution in [2.75, 3.05) is 19.5 Å². The van der Waals surface area contributed by atoms with Crippen LogP contribution in [0.2, 0.25) is 0 Å². The summed E-state index contributed by atoms with van der Waals surface area (Å²) in [7, 11) is 3.33. The Kier molecular flexibility index (Phi) is 3.95. The van der Waals surface area contributed by atoms with Crippen molar-refractivity contribution in [3.05, 3.63) is 47.8 Å². The molecule has 4 nitrogen and oxygen atoms in total. The van der Waals surface area contributed by atoms with E-state index in [2.05, 4.69) is 16.4 Å². The predicted molar refractivity (Wildman–Crippen MR) is 83.1 cm³/mol. The summed E-state index contributed by atoms with van der Waals surface area (Å²) in [6.45, 7) is 0. The zero-order valence-corrected chi connectivity index (χ0v) is 12.4. The van der Waals surface area contributed by atoms with E-state index in [1.54, 1.807) is 14.2 Å². The number of anilines is 1. The lowest BCUT2D eigenvalue weighted by molar-refractivity contribution is 0.395. The molecule has 1 aliphatic carbocycles. The van der Waals surface area contributed by atoms with Crippen molar-refractivity contribution in [3.63, 3.8) is 0 Å². The Labute approximate surface area is 125 Å². The number of aryl methyl sites for hydroxylation is 1. The smallest absolute Gasteiger partial charge is 0.145 e. The number of aromatic nitrogens is 1. The van der Waals surface area contributed by atoms with Crippen molar-refractivity contribution in [1.82, 2.24) is 4.98 Å². The fraction of sp³-hybridized carbons (Fsp3) is 0.353. The van der Waals surface area contributed by atoms with E-state index in [4.69, 9.17) is 9.47 Å². The van der Waals surface area contributed by atoms with Gasteiger partial charge >= 0.3 is 0 Å². The molecule has 1 N–H and O–H groups in total. The second-order valence-electron chi connectivity index (χ2n) is 5.20. The summed E-state index contributed by atoms with van der Waals surface area (Å²) in [5, 5.41) is 3.56. The van der Waals surface area contributed by atoms with Gasteiger partial charge in [-0.05, 0) is 43.0 Å². The minimum Gasteiger partial charge on any atom is -0.497 e. The Morgan fingerprint density at radius 3 is 2.90 bits per heavy atom. The lowest BCUT2D eigenvalue weighted by Crippen LogP contribution is -2.19. The van der Waals surface area contributed by atoms with E-state index in [0.29, 0.717) is 0 Å². The second kappa shape index (κ2) is 6.04. The Morgan fingerprint density at radius 1 is 1.19 bits per heavy atom. The number of pyridine rings is 1. The molecule has 1 atom stereocenters. The fourth-order valence-corrected chi connectivity index (χ4v) is 2.86. The lowest BCUT2D eigenvalue weighted by Gasteiger charge is -2.26. The van der Waals surface area contributed by atoms with Gasteiger partial charge in [-0.15, -0.1) is 0 Å². The average Bonchev–Trinajstić information content (AvgIpc) is 2.55. The zero-order valence-electron chi connectivity index (χ0n) is 12.4. The Hall–Kier alpha value is -2.23. The van der Waals surface area contributed by atoms with Crippen molar-refractivity contribution in [1.29, 1.82) is 0 Å². The van der Waals surface area contributed by atoms with E-state index < -0.39 is 0 Å². The number of benzene rings is 1. The summed E-state index contributed by atoms with van der Waals surface area (Å²) in [6, 6.07) is 10.2. The number of ether oxygens (including phenoxy) is 2. The third kappa shape index (κ3) is 2.79. The van der Waals surface area contributed by atoms with Crippen LogP contribution in [0.25, 0.3) is 0 Å². The van der Waals surface area contributed by atoms with Crippen LogP contribution >= 0.6 is 0 Å². The molecule has 4 heteroatoms. The molecule has 3 rings (SSSR count). The highest BCUT2D eigenvalue weighted by Gasteiger charge is 2.22. The standard InChI is InChI=1S/C17H20N2O2/c1-20-13-8-9-14(16(11-13)21-2)19-15-7-3-5-12-6-4-10-18-17(12)15/h4,6,8-11,15,19H,3,5,7H2,1-2H3. The maximum atomic E-state index is 5.45. The maximum Gasteiger partial charge on any atom is 0.145 e. The normalized spacial score (nSPS) is 17.0. The van der Waals surface area contributed by atoms with Crippen LogP contribution in [0.5, 0.6) is 11.5 Å². The molecule has 0 saturated heterocycles. The van der Waals surface area contributed by atoms with Gasteiger partial charge in [-0.1, -0.05) is 6.07 Å². The molecule has 1 aromatic heterocycles. The number of fused-ring (bicyclic) bond motifs is 1. The number of methoxy groups -OCH3 is 2. The third-order valence-corrected chi connectivity index (χ3v) is 3.93. The van der Waals surface area contributed by atoms with Gasteiger partial charge in [0.15, 0.2) is 0 Å². The predicted octanol–water partition coefficient (Wildman–Crippen LogP) is 3.59. The Morgan fingerprint density at radius 2 is 2.10 bits per heavy atom. The van der Waals surface area contributed by atoms with Gasteiger partial charge in [-0.25, -0.2) is 0 Å². The molecule has 0 spiro atoms. The summed E-state index contributed by atoms with van der Waals surface area (Å²) >= 11 is 0. The van der Waals surface area contributed by atoms with E-state index in [0.717, 1.165) is 35.7 Å². The molecule has 1 heterocycles. The summed E-state index contributed by atoms with van der Waals surface area (Å²) in [5.41, 5.74) is 3.47. The van der Waals surface area contributed by atoms with Crippen molar-refractivity contribution >= 4 is 5.69 Å². The molecule has 1 unspecified atom stereocenters. The molecule has 0 bridgehead atoms. The molecular weight excluding hydrogens is 264 g/mol. The number of nitrogens with one attached hydrogen (secondary N) is 1. The van der Waals surface area contributed by atoms with Crippen LogP contribution in [-0.4, -0.2) is 19.2 Å². The lowest BCUT2D eigenvalue weighted by atomic mass is 9.92. The zero-order chi connectivity index (χ0) is 14.7. The van der Waals surface area contributed by atoms with Crippen molar-refractivity contribution < 1.29 is 9.47 Å². The van der Waals surface area contributed by atoms with Crippen LogP contribution < -0.4 is 14.8 Å². The number of nitrogens with zero attached hydrogens (tertiary/aromatic N) is 1. The SMILES string of the molecule is COc1ccc(NC2CCCc3cccnc32)c(OC)c1. The fourth-order valence-electron chi connectivity index (χ4n) is 2.86. The number of hydrogen-bond acceptors (Lipinski definition) is 4. The van der Waals surface area contributed by atoms with Gasteiger partial charge in [-0.2, -0.15) is 0 Å². The molecule has 1 aliphatic rings. The number of hydrogen-bond donors (Lipinski definition) is 1. The van der Waals surface area contributed by atoms with Gasteiger partial charge < -0.3 is 14.8 Å². The van der Waals surface area contributed by atoms with Crippen LogP contribution in [0.15, 0.2) is 36.5 Å². The van der Waals surface area contributed by atoms with E-state index >= 15 is 0 Å². The molecule has 21 heavy (non-hydrogen) atoms. The van der Waals surface area contributed by atoms with Crippen molar-refractivity contribution in [2.45, 2.75) is 25.3 Å². The van der Waals surface area contributed by atoms with Gasteiger partial charge in [0.1, 0.15) is 11.5 Å². The molecule has 110 valence electrons. The van der Waals surface area contributed by atoms with E-state index in [1.807, 2.05) is 30.5 Å². The average molecular weight is 284 g/mol. The first-order valence-electron chi connectivity index (χ1n) is 7.24. The molecule has 0 saturated carbocycles. The first-order valence-corrected chi connectivity index (χ1v) is 7.24. The highest BCUT2D eigenvalue weighted by atomic mass is 16.5. The van der Waals surface area contributed by atoms with Gasteiger partial charge in [-0.3, -0.25) is 4.98 Å². The number of rotatable bonds is 4. The van der Waals surface area contributed by atoms with Gasteiger partial charge in [0.2, 0.25) is 0 Å². The monoisotopic (exact) mass is 284 g/mol. The van der Waals surface area contributed by atoms with Gasteiger partial charge in [0, 0.05) is 12.3 Å². The van der Waals surface area contributed by atoms with Crippen LogP contribution in [0.3, 0.4) is 0 Å². The Balaban J connectivity index is 1.88. The Bertz CT molecular complexity index is 628. The van der Waals surface area contributed by atoms with Gasteiger partial charge in [0.05, 0.1) is 31.6 Å². The maximum absolute atomic E-state index is 5.45. The van der Waals surface area contributed by atoms with Gasteiger partial charge in [0.25, 0.3) is 0 Å². The molecule has 0 aliphatic heterocycles. The second-order valence-corrected chi connectivity index (χ2v) is 5.20. The minimum absolute atomic E-state index is 0.234. The van der Waals surface area contributed by atoms with Crippen LogP contribution in [0.4, 0.5) is 5.69 Å².